The molecule has 0 saturated carbocycles. The molecular formula is C13H18BrF2N. The molecule has 0 aliphatic heterocycles. The van der Waals surface area contributed by atoms with Gasteiger partial charge in [-0.15, -0.1) is 0 Å². The van der Waals surface area contributed by atoms with E-state index in [9.17, 15) is 8.78 Å². The van der Waals surface area contributed by atoms with E-state index in [4.69, 9.17) is 0 Å². The second-order valence-electron chi connectivity index (χ2n) is 4.09. The second kappa shape index (κ2) is 7.07. The van der Waals surface area contributed by atoms with E-state index in [0.29, 0.717) is 10.9 Å². The van der Waals surface area contributed by atoms with E-state index in [2.05, 4.69) is 28.2 Å². The predicted molar refractivity (Wildman–Crippen MR) is 70.1 cm³/mol. The topological polar surface area (TPSA) is 12.0 Å². The van der Waals surface area contributed by atoms with E-state index in [1.54, 1.807) is 0 Å². The van der Waals surface area contributed by atoms with Crippen LogP contribution in [0.25, 0.3) is 0 Å². The Morgan fingerprint density at radius 1 is 1.29 bits per heavy atom. The van der Waals surface area contributed by atoms with Crippen molar-refractivity contribution in [1.29, 1.82) is 0 Å². The average molecular weight is 306 g/mol. The van der Waals surface area contributed by atoms with E-state index in [1.165, 1.54) is 12.1 Å². The summed E-state index contributed by atoms with van der Waals surface area (Å²) in [6.07, 6.45) is 2.25. The van der Waals surface area contributed by atoms with Gasteiger partial charge in [0, 0.05) is 11.6 Å². The first-order chi connectivity index (χ1) is 8.10. The first-order valence-corrected chi connectivity index (χ1v) is 6.75. The normalized spacial score (nSPS) is 12.8. The van der Waals surface area contributed by atoms with E-state index in [-0.39, 0.29) is 11.6 Å². The Labute approximate surface area is 110 Å². The highest BCUT2D eigenvalue weighted by atomic mass is 79.9. The standard InChI is InChI=1S/C13H18BrF2N/c1-3-7-17-9(4-2)8-10-12(15)6-5-11(14)13(10)16/h5-6,9,17H,3-4,7-8H2,1-2H3. The average Bonchev–Trinajstić information content (AvgIpc) is 2.33. The zero-order valence-electron chi connectivity index (χ0n) is 10.2. The molecule has 0 aromatic heterocycles. The lowest BCUT2D eigenvalue weighted by Gasteiger charge is -2.17. The Kier molecular flexibility index (Phi) is 6.06. The molecule has 0 radical (unpaired) electrons. The molecule has 1 aromatic rings. The maximum absolute atomic E-state index is 13.8. The highest BCUT2D eigenvalue weighted by Gasteiger charge is 2.16. The summed E-state index contributed by atoms with van der Waals surface area (Å²) in [7, 11) is 0. The van der Waals surface area contributed by atoms with Crippen LogP contribution in [-0.2, 0) is 6.42 Å². The summed E-state index contributed by atoms with van der Waals surface area (Å²) in [5.41, 5.74) is 0.162. The zero-order valence-corrected chi connectivity index (χ0v) is 11.8. The summed E-state index contributed by atoms with van der Waals surface area (Å²) >= 11 is 3.08. The molecular weight excluding hydrogens is 288 g/mol. The smallest absolute Gasteiger partial charge is 0.143 e. The Morgan fingerprint density at radius 2 is 2.00 bits per heavy atom. The second-order valence-corrected chi connectivity index (χ2v) is 4.94. The molecule has 1 nitrogen and oxygen atoms in total. The number of rotatable bonds is 6. The number of halogens is 3. The Bertz CT molecular complexity index is 369. The molecule has 17 heavy (non-hydrogen) atoms. The molecule has 96 valence electrons. The van der Waals surface area contributed by atoms with Crippen molar-refractivity contribution in [1.82, 2.24) is 5.32 Å². The Hall–Kier alpha value is -0.480. The van der Waals surface area contributed by atoms with E-state index in [1.807, 2.05) is 6.92 Å². The molecule has 0 fully saturated rings. The largest absolute Gasteiger partial charge is 0.314 e. The fourth-order valence-corrected chi connectivity index (χ4v) is 2.08. The SMILES string of the molecule is CCCNC(CC)Cc1c(F)ccc(Br)c1F. The van der Waals surface area contributed by atoms with Crippen molar-refractivity contribution in [2.24, 2.45) is 0 Å². The number of hydrogen-bond donors (Lipinski definition) is 1. The molecule has 1 N–H and O–H groups in total. The summed E-state index contributed by atoms with van der Waals surface area (Å²) in [5, 5.41) is 3.29. The van der Waals surface area contributed by atoms with Crippen molar-refractivity contribution >= 4 is 15.9 Å². The molecule has 1 rings (SSSR count). The summed E-state index contributed by atoms with van der Waals surface area (Å²) in [6, 6.07) is 2.82. The van der Waals surface area contributed by atoms with Gasteiger partial charge in [0.2, 0.25) is 0 Å². The van der Waals surface area contributed by atoms with Gasteiger partial charge in [-0.25, -0.2) is 8.78 Å². The number of hydrogen-bond acceptors (Lipinski definition) is 1. The highest BCUT2D eigenvalue weighted by Crippen LogP contribution is 2.23. The molecule has 1 aromatic carbocycles. The van der Waals surface area contributed by atoms with Crippen molar-refractivity contribution in [3.63, 3.8) is 0 Å². The predicted octanol–water partition coefficient (Wildman–Crippen LogP) is 4.05. The van der Waals surface area contributed by atoms with Gasteiger partial charge in [0.1, 0.15) is 11.6 Å². The van der Waals surface area contributed by atoms with Crippen LogP contribution >= 0.6 is 15.9 Å². The molecule has 1 unspecified atom stereocenters. The van der Waals surface area contributed by atoms with E-state index >= 15 is 0 Å². The maximum atomic E-state index is 13.8. The first kappa shape index (κ1) is 14.6. The third kappa shape index (κ3) is 4.03. The van der Waals surface area contributed by atoms with Crippen LogP contribution in [-0.4, -0.2) is 12.6 Å². The molecule has 0 spiro atoms. The molecule has 0 heterocycles. The molecule has 0 saturated heterocycles. The third-order valence-corrected chi connectivity index (χ3v) is 3.38. The summed E-state index contributed by atoms with van der Waals surface area (Å²) in [4.78, 5) is 0. The van der Waals surface area contributed by atoms with Gasteiger partial charge < -0.3 is 5.32 Å². The third-order valence-electron chi connectivity index (χ3n) is 2.77. The number of nitrogens with one attached hydrogen (secondary N) is 1. The van der Waals surface area contributed by atoms with Crippen molar-refractivity contribution < 1.29 is 8.78 Å². The Morgan fingerprint density at radius 3 is 2.59 bits per heavy atom. The fourth-order valence-electron chi connectivity index (χ4n) is 1.71. The number of benzene rings is 1. The van der Waals surface area contributed by atoms with Crippen molar-refractivity contribution in [2.45, 2.75) is 39.2 Å². The molecule has 0 aliphatic rings. The van der Waals surface area contributed by atoms with Crippen molar-refractivity contribution in [2.75, 3.05) is 6.54 Å². The van der Waals surface area contributed by atoms with Gasteiger partial charge in [0.15, 0.2) is 0 Å². The van der Waals surface area contributed by atoms with Crippen molar-refractivity contribution in [3.05, 3.63) is 33.8 Å². The lowest BCUT2D eigenvalue weighted by atomic mass is 10.0. The van der Waals surface area contributed by atoms with Crippen LogP contribution in [0, 0.1) is 11.6 Å². The molecule has 0 aliphatic carbocycles. The Balaban J connectivity index is 2.81. The van der Waals surface area contributed by atoms with Gasteiger partial charge in [0.05, 0.1) is 4.47 Å². The minimum Gasteiger partial charge on any atom is -0.314 e. The van der Waals surface area contributed by atoms with E-state index in [0.717, 1.165) is 19.4 Å². The monoisotopic (exact) mass is 305 g/mol. The summed E-state index contributed by atoms with van der Waals surface area (Å²) < 4.78 is 27.6. The van der Waals surface area contributed by atoms with Gasteiger partial charge in [-0.05, 0) is 53.9 Å². The van der Waals surface area contributed by atoms with Gasteiger partial charge in [0.25, 0.3) is 0 Å². The van der Waals surface area contributed by atoms with Crippen LogP contribution in [0.5, 0.6) is 0 Å². The van der Waals surface area contributed by atoms with Crippen LogP contribution in [0.4, 0.5) is 8.78 Å². The van der Waals surface area contributed by atoms with Crippen LogP contribution in [0.15, 0.2) is 16.6 Å². The van der Waals surface area contributed by atoms with Crippen LogP contribution in [0.2, 0.25) is 0 Å². The summed E-state index contributed by atoms with van der Waals surface area (Å²) in [6.45, 7) is 4.96. The quantitative estimate of drug-likeness (QED) is 0.782. The van der Waals surface area contributed by atoms with E-state index < -0.39 is 11.6 Å². The molecule has 0 bridgehead atoms. The first-order valence-electron chi connectivity index (χ1n) is 5.95. The summed E-state index contributed by atoms with van der Waals surface area (Å²) in [5.74, 6) is -0.954. The van der Waals surface area contributed by atoms with Gasteiger partial charge >= 0.3 is 0 Å². The van der Waals surface area contributed by atoms with Crippen LogP contribution < -0.4 is 5.32 Å². The lowest BCUT2D eigenvalue weighted by molar-refractivity contribution is 0.466. The highest BCUT2D eigenvalue weighted by molar-refractivity contribution is 9.10. The van der Waals surface area contributed by atoms with Crippen molar-refractivity contribution in [3.8, 4) is 0 Å². The molecule has 0 amide bonds. The lowest BCUT2D eigenvalue weighted by Crippen LogP contribution is -2.31. The van der Waals surface area contributed by atoms with Crippen LogP contribution in [0.3, 0.4) is 0 Å². The molecule has 4 heteroatoms. The zero-order chi connectivity index (χ0) is 12.8. The minimum absolute atomic E-state index is 0.119. The fraction of sp³-hybridized carbons (Fsp3) is 0.538. The van der Waals surface area contributed by atoms with Crippen LogP contribution in [0.1, 0.15) is 32.3 Å². The van der Waals surface area contributed by atoms with Gasteiger partial charge in [-0.1, -0.05) is 13.8 Å². The minimum atomic E-state index is -0.484. The molecule has 1 atom stereocenters. The van der Waals surface area contributed by atoms with Gasteiger partial charge in [-0.3, -0.25) is 0 Å². The van der Waals surface area contributed by atoms with Gasteiger partial charge in [-0.2, -0.15) is 0 Å². The maximum Gasteiger partial charge on any atom is 0.143 e.